The second-order valence-electron chi connectivity index (χ2n) is 5.67. The van der Waals surface area contributed by atoms with Gasteiger partial charge in [-0.2, -0.15) is 0 Å². The van der Waals surface area contributed by atoms with Gasteiger partial charge >= 0.3 is 0 Å². The normalized spacial score (nSPS) is 23.8. The zero-order valence-electron chi connectivity index (χ0n) is 10.7. The van der Waals surface area contributed by atoms with Crippen molar-refractivity contribution in [2.45, 2.75) is 54.6 Å². The minimum atomic E-state index is 0. The largest absolute Gasteiger partial charge is 0.370 e. The zero-order valence-corrected chi connectivity index (χ0v) is 10.7. The first kappa shape index (κ1) is 15.4. The molecule has 0 N–H and O–H groups in total. The first-order chi connectivity index (χ1) is 6.89. The first-order valence-corrected chi connectivity index (χ1v) is 5.85. The van der Waals surface area contributed by atoms with Crippen molar-refractivity contribution in [3.05, 3.63) is 23.8 Å². The average Bonchev–Trinajstić information content (AvgIpc) is 2.12. The van der Waals surface area contributed by atoms with E-state index in [1.807, 2.05) is 0 Å². The Hall–Kier alpha value is -0.560. The fourth-order valence-electron chi connectivity index (χ4n) is 1.48. The van der Waals surface area contributed by atoms with Crippen molar-refractivity contribution in [3.8, 4) is 0 Å². The van der Waals surface area contributed by atoms with Gasteiger partial charge in [0.25, 0.3) is 0 Å². The van der Waals surface area contributed by atoms with Gasteiger partial charge in [-0.3, -0.25) is 0 Å². The molecule has 0 radical (unpaired) electrons. The summed E-state index contributed by atoms with van der Waals surface area (Å²) in [5.74, 6) is 0.590. The lowest BCUT2D eigenvalue weighted by molar-refractivity contribution is 0.0980. The number of hydrogen-bond acceptors (Lipinski definition) is 1. The summed E-state index contributed by atoms with van der Waals surface area (Å²) >= 11 is 0. The molecule has 1 aliphatic rings. The molecule has 1 rings (SSSR count). The molecule has 0 fully saturated rings. The molecule has 0 aliphatic carbocycles. The van der Waals surface area contributed by atoms with E-state index in [-0.39, 0.29) is 7.43 Å². The second-order valence-corrected chi connectivity index (χ2v) is 5.67. The van der Waals surface area contributed by atoms with Gasteiger partial charge in [0, 0.05) is 0 Å². The van der Waals surface area contributed by atoms with E-state index in [2.05, 4.69) is 52.8 Å². The molecule has 1 aliphatic heterocycles. The van der Waals surface area contributed by atoms with Crippen molar-refractivity contribution in [2.75, 3.05) is 6.61 Å². The van der Waals surface area contributed by atoms with Crippen molar-refractivity contribution in [3.63, 3.8) is 0 Å². The van der Waals surface area contributed by atoms with Crippen LogP contribution in [0, 0.1) is 11.3 Å². The maximum atomic E-state index is 5.65. The third-order valence-corrected chi connectivity index (χ3v) is 3.25. The molecule has 1 heterocycles. The van der Waals surface area contributed by atoms with Crippen LogP contribution in [0.2, 0.25) is 0 Å². The molecular weight excluding hydrogens is 196 g/mol. The Balaban J connectivity index is 0.00000225. The highest BCUT2D eigenvalue weighted by Crippen LogP contribution is 2.27. The molecule has 1 heteroatoms. The van der Waals surface area contributed by atoms with Crippen LogP contribution < -0.4 is 0 Å². The fraction of sp³-hybridized carbons (Fsp3) is 0.733. The van der Waals surface area contributed by atoms with Crippen LogP contribution in [0.15, 0.2) is 23.8 Å². The van der Waals surface area contributed by atoms with E-state index >= 15 is 0 Å². The Kier molecular flexibility index (Phi) is 6.02. The van der Waals surface area contributed by atoms with Gasteiger partial charge < -0.3 is 4.74 Å². The second kappa shape index (κ2) is 6.24. The van der Waals surface area contributed by atoms with Crippen LogP contribution in [-0.2, 0) is 4.74 Å². The third kappa shape index (κ3) is 4.98. The van der Waals surface area contributed by atoms with Crippen LogP contribution >= 0.6 is 0 Å². The number of hydrogen-bond donors (Lipinski definition) is 0. The van der Waals surface area contributed by atoms with Gasteiger partial charge in [-0.25, -0.2) is 0 Å². The van der Waals surface area contributed by atoms with Gasteiger partial charge in [-0.1, -0.05) is 58.9 Å². The Morgan fingerprint density at radius 3 is 2.56 bits per heavy atom. The molecule has 0 unspecified atom stereocenters. The van der Waals surface area contributed by atoms with E-state index in [0.717, 1.165) is 13.0 Å². The minimum Gasteiger partial charge on any atom is -0.370 e. The van der Waals surface area contributed by atoms with Crippen LogP contribution in [0.3, 0.4) is 0 Å². The van der Waals surface area contributed by atoms with E-state index in [4.69, 9.17) is 4.74 Å². The number of allylic oxidation sites excluding steroid dienone is 1. The molecule has 0 aromatic rings. The smallest absolute Gasteiger partial charge is 0.0797 e. The maximum absolute atomic E-state index is 5.65. The molecular formula is C15H28O. The van der Waals surface area contributed by atoms with Crippen molar-refractivity contribution >= 4 is 0 Å². The van der Waals surface area contributed by atoms with Crippen LogP contribution in [0.4, 0.5) is 0 Å². The van der Waals surface area contributed by atoms with Crippen LogP contribution in [-0.4, -0.2) is 12.7 Å². The highest BCUT2D eigenvalue weighted by molar-refractivity contribution is 5.08. The Bertz CT molecular complexity index is 255. The van der Waals surface area contributed by atoms with E-state index in [1.54, 1.807) is 0 Å². The van der Waals surface area contributed by atoms with Gasteiger partial charge in [0.2, 0.25) is 0 Å². The quantitative estimate of drug-likeness (QED) is 0.623. The molecule has 16 heavy (non-hydrogen) atoms. The summed E-state index contributed by atoms with van der Waals surface area (Å²) in [5, 5.41) is 0. The Morgan fingerprint density at radius 2 is 2.06 bits per heavy atom. The summed E-state index contributed by atoms with van der Waals surface area (Å²) in [6, 6.07) is 0. The molecule has 0 aromatic heterocycles. The van der Waals surface area contributed by atoms with Crippen molar-refractivity contribution in [1.82, 2.24) is 0 Å². The lowest BCUT2D eigenvalue weighted by atomic mass is 9.81. The summed E-state index contributed by atoms with van der Waals surface area (Å²) in [7, 11) is 0. The molecule has 94 valence electrons. The summed E-state index contributed by atoms with van der Waals surface area (Å²) < 4.78 is 5.65. The minimum absolute atomic E-state index is 0. The molecule has 0 amide bonds. The number of ether oxygens (including phenoxy) is 1. The molecule has 0 spiro atoms. The predicted molar refractivity (Wildman–Crippen MR) is 72.6 cm³/mol. The van der Waals surface area contributed by atoms with Gasteiger partial charge in [-0.05, 0) is 24.7 Å². The highest BCUT2D eigenvalue weighted by Gasteiger charge is 2.18. The fourth-order valence-corrected chi connectivity index (χ4v) is 1.48. The Labute approximate surface area is 102 Å². The van der Waals surface area contributed by atoms with E-state index in [1.165, 1.54) is 5.57 Å². The van der Waals surface area contributed by atoms with Crippen molar-refractivity contribution in [1.29, 1.82) is 0 Å². The van der Waals surface area contributed by atoms with Gasteiger partial charge in [0.05, 0.1) is 12.7 Å². The molecule has 0 bridgehead atoms. The number of rotatable bonds is 2. The summed E-state index contributed by atoms with van der Waals surface area (Å²) in [5.41, 5.74) is 1.79. The van der Waals surface area contributed by atoms with Crippen molar-refractivity contribution in [2.24, 2.45) is 11.3 Å². The monoisotopic (exact) mass is 224 g/mol. The lowest BCUT2D eigenvalue weighted by Gasteiger charge is -2.25. The van der Waals surface area contributed by atoms with Crippen LogP contribution in [0.5, 0.6) is 0 Å². The first-order valence-electron chi connectivity index (χ1n) is 5.85. The van der Waals surface area contributed by atoms with E-state index < -0.39 is 0 Å². The Morgan fingerprint density at radius 1 is 1.44 bits per heavy atom. The van der Waals surface area contributed by atoms with Gasteiger partial charge in [0.15, 0.2) is 0 Å². The summed E-state index contributed by atoms with van der Waals surface area (Å²) in [6.07, 6.45) is 8.03. The predicted octanol–water partition coefficient (Wildman–Crippen LogP) is 4.60. The van der Waals surface area contributed by atoms with E-state index in [9.17, 15) is 0 Å². The lowest BCUT2D eigenvalue weighted by Crippen LogP contribution is -2.18. The van der Waals surface area contributed by atoms with Gasteiger partial charge in [-0.15, -0.1) is 0 Å². The van der Waals surface area contributed by atoms with Gasteiger partial charge in [0.1, 0.15) is 0 Å². The maximum Gasteiger partial charge on any atom is 0.0797 e. The topological polar surface area (TPSA) is 9.23 Å². The molecule has 1 nitrogen and oxygen atoms in total. The van der Waals surface area contributed by atoms with E-state index in [0.29, 0.717) is 17.4 Å². The highest BCUT2D eigenvalue weighted by atomic mass is 16.5. The SMILES string of the molecule is C.CC1=CCO[C@H](/C=C/[C@H](C)C(C)(C)C)C1. The van der Waals surface area contributed by atoms with Crippen LogP contribution in [0.1, 0.15) is 48.5 Å². The van der Waals surface area contributed by atoms with Crippen molar-refractivity contribution < 1.29 is 4.74 Å². The van der Waals surface area contributed by atoms with Crippen LogP contribution in [0.25, 0.3) is 0 Å². The third-order valence-electron chi connectivity index (χ3n) is 3.25. The molecule has 0 aromatic carbocycles. The molecule has 0 saturated carbocycles. The summed E-state index contributed by atoms with van der Waals surface area (Å²) in [6.45, 7) is 12.0. The average molecular weight is 224 g/mol. The molecule has 0 saturated heterocycles. The zero-order chi connectivity index (χ0) is 11.5. The molecule has 2 atom stereocenters. The standard InChI is InChI=1S/C14H24O.CH4/c1-11-8-9-15-13(10-11)7-6-12(2)14(3,4)5;/h6-8,12-13H,9-10H2,1-5H3;1H4/b7-6+;/t12-,13+;/m0./s1. The summed E-state index contributed by atoms with van der Waals surface area (Å²) in [4.78, 5) is 0.